The molecule has 0 bridgehead atoms. The number of benzene rings is 3. The maximum Gasteiger partial charge on any atom is 0.259 e. The number of aromatic nitrogens is 1. The normalized spacial score (nSPS) is 11.3. The summed E-state index contributed by atoms with van der Waals surface area (Å²) in [5.41, 5.74) is 2.15. The highest BCUT2D eigenvalue weighted by Crippen LogP contribution is 2.27. The summed E-state index contributed by atoms with van der Waals surface area (Å²) in [5.74, 6) is 0.780. The molecule has 0 N–H and O–H groups in total. The Kier molecular flexibility index (Phi) is 4.98. The summed E-state index contributed by atoms with van der Waals surface area (Å²) in [6.07, 6.45) is 1.98. The lowest BCUT2D eigenvalue weighted by Crippen LogP contribution is -2.26. The van der Waals surface area contributed by atoms with Crippen molar-refractivity contribution in [2.24, 2.45) is 0 Å². The summed E-state index contributed by atoms with van der Waals surface area (Å²) in [5, 5.41) is 1.58. The van der Waals surface area contributed by atoms with Gasteiger partial charge >= 0.3 is 0 Å². The minimum absolute atomic E-state index is 0.00805. The fraction of sp³-hybridized carbons (Fsp3) is 0.160. The summed E-state index contributed by atoms with van der Waals surface area (Å²) in [6.45, 7) is 3.99. The van der Waals surface area contributed by atoms with Crippen LogP contribution in [0.15, 0.2) is 95.9 Å². The van der Waals surface area contributed by atoms with Gasteiger partial charge in [0.25, 0.3) is 5.56 Å². The van der Waals surface area contributed by atoms with Crippen LogP contribution >= 0.6 is 0 Å². The molecule has 0 saturated heterocycles. The summed E-state index contributed by atoms with van der Waals surface area (Å²) in [6, 6.07) is 27.7. The first-order valence-corrected chi connectivity index (χ1v) is 9.55. The lowest BCUT2D eigenvalue weighted by Gasteiger charge is -2.21. The van der Waals surface area contributed by atoms with Crippen molar-refractivity contribution in [2.75, 3.05) is 0 Å². The third-order valence-corrected chi connectivity index (χ3v) is 4.78. The molecule has 0 radical (unpaired) electrons. The molecule has 0 aliphatic rings. The maximum atomic E-state index is 13.4. The first-order chi connectivity index (χ1) is 13.6. The molecule has 0 saturated carbocycles. The molecule has 0 aliphatic carbocycles. The number of hydrogen-bond acceptors (Lipinski definition) is 2. The lowest BCUT2D eigenvalue weighted by molar-refractivity contribution is 0.243. The molecule has 1 aromatic heterocycles. The van der Waals surface area contributed by atoms with Crippen molar-refractivity contribution in [3.8, 4) is 5.75 Å². The van der Waals surface area contributed by atoms with Crippen LogP contribution in [-0.2, 0) is 0 Å². The highest BCUT2D eigenvalue weighted by Gasteiger charge is 2.18. The van der Waals surface area contributed by atoms with Crippen LogP contribution < -0.4 is 10.3 Å². The minimum Gasteiger partial charge on any atom is -0.491 e. The molecule has 140 valence electrons. The predicted octanol–water partition coefficient (Wildman–Crippen LogP) is 5.43. The van der Waals surface area contributed by atoms with E-state index in [9.17, 15) is 4.79 Å². The second-order valence-electron chi connectivity index (χ2n) is 7.17. The van der Waals surface area contributed by atoms with Gasteiger partial charge in [0, 0.05) is 11.6 Å². The van der Waals surface area contributed by atoms with Crippen LogP contribution in [-0.4, -0.2) is 10.7 Å². The van der Waals surface area contributed by atoms with Crippen molar-refractivity contribution in [2.45, 2.75) is 26.0 Å². The Morgan fingerprint density at radius 3 is 1.96 bits per heavy atom. The summed E-state index contributed by atoms with van der Waals surface area (Å²) in [7, 11) is 0. The topological polar surface area (TPSA) is 31.2 Å². The van der Waals surface area contributed by atoms with Crippen LogP contribution in [0.1, 0.15) is 31.0 Å². The highest BCUT2D eigenvalue weighted by molar-refractivity contribution is 5.83. The van der Waals surface area contributed by atoms with Gasteiger partial charge in [-0.2, -0.15) is 0 Å². The van der Waals surface area contributed by atoms with Crippen molar-refractivity contribution in [1.82, 2.24) is 4.57 Å². The molecule has 0 atom stereocenters. The third kappa shape index (κ3) is 3.56. The largest absolute Gasteiger partial charge is 0.491 e. The van der Waals surface area contributed by atoms with Crippen LogP contribution in [0.3, 0.4) is 0 Å². The fourth-order valence-corrected chi connectivity index (χ4v) is 3.57. The first-order valence-electron chi connectivity index (χ1n) is 9.55. The minimum atomic E-state index is -0.175. The van der Waals surface area contributed by atoms with E-state index in [1.165, 1.54) is 0 Å². The second-order valence-corrected chi connectivity index (χ2v) is 7.17. The van der Waals surface area contributed by atoms with Crippen LogP contribution in [0, 0.1) is 0 Å². The van der Waals surface area contributed by atoms with E-state index in [-0.39, 0.29) is 17.7 Å². The van der Waals surface area contributed by atoms with Crippen LogP contribution in [0.25, 0.3) is 10.8 Å². The number of ether oxygens (including phenoxy) is 1. The number of nitrogens with zero attached hydrogens (tertiary/aromatic N) is 1. The van der Waals surface area contributed by atoms with Gasteiger partial charge in [0.05, 0.1) is 12.1 Å². The van der Waals surface area contributed by atoms with Gasteiger partial charge in [0.1, 0.15) is 5.75 Å². The Balaban J connectivity index is 1.87. The molecule has 3 nitrogen and oxygen atoms in total. The molecule has 0 unspecified atom stereocenters. The Morgan fingerprint density at radius 2 is 1.39 bits per heavy atom. The van der Waals surface area contributed by atoms with E-state index in [1.54, 1.807) is 0 Å². The quantitative estimate of drug-likeness (QED) is 0.470. The zero-order valence-corrected chi connectivity index (χ0v) is 16.1. The smallest absolute Gasteiger partial charge is 0.259 e. The standard InChI is InChI=1S/C25H23NO2/c1-18(2)28-22-13-14-23-21(17-22)15-16-26(25(23)27)24(19-9-5-3-6-10-19)20-11-7-4-8-12-20/h3-18,24H,1-2H3. The molecule has 0 aliphatic heterocycles. The van der Waals surface area contributed by atoms with Gasteiger partial charge in [0.15, 0.2) is 0 Å². The van der Waals surface area contributed by atoms with Crippen molar-refractivity contribution in [1.29, 1.82) is 0 Å². The van der Waals surface area contributed by atoms with Crippen molar-refractivity contribution < 1.29 is 4.74 Å². The van der Waals surface area contributed by atoms with Crippen LogP contribution in [0.2, 0.25) is 0 Å². The number of fused-ring (bicyclic) bond motifs is 1. The average Bonchev–Trinajstić information content (AvgIpc) is 2.71. The summed E-state index contributed by atoms with van der Waals surface area (Å²) < 4.78 is 7.59. The monoisotopic (exact) mass is 369 g/mol. The molecule has 3 aromatic carbocycles. The van der Waals surface area contributed by atoms with E-state index in [4.69, 9.17) is 4.74 Å². The van der Waals surface area contributed by atoms with Gasteiger partial charge in [-0.3, -0.25) is 4.79 Å². The Hall–Kier alpha value is -3.33. The van der Waals surface area contributed by atoms with Gasteiger partial charge in [-0.25, -0.2) is 0 Å². The first kappa shape index (κ1) is 18.1. The molecule has 3 heteroatoms. The summed E-state index contributed by atoms with van der Waals surface area (Å²) >= 11 is 0. The van der Waals surface area contributed by atoms with E-state index < -0.39 is 0 Å². The van der Waals surface area contributed by atoms with Crippen molar-refractivity contribution in [3.05, 3.63) is 113 Å². The van der Waals surface area contributed by atoms with Crippen LogP contribution in [0.4, 0.5) is 0 Å². The number of hydrogen-bond donors (Lipinski definition) is 0. The van der Waals surface area contributed by atoms with E-state index >= 15 is 0 Å². The van der Waals surface area contributed by atoms with E-state index in [0.717, 1.165) is 22.3 Å². The Bertz CT molecular complexity index is 1090. The van der Waals surface area contributed by atoms with E-state index in [2.05, 4.69) is 24.3 Å². The Morgan fingerprint density at radius 1 is 0.786 bits per heavy atom. The predicted molar refractivity (Wildman–Crippen MR) is 114 cm³/mol. The fourth-order valence-electron chi connectivity index (χ4n) is 3.57. The lowest BCUT2D eigenvalue weighted by atomic mass is 9.98. The molecule has 1 heterocycles. The van der Waals surface area contributed by atoms with Crippen molar-refractivity contribution in [3.63, 3.8) is 0 Å². The van der Waals surface area contributed by atoms with E-state index in [1.807, 2.05) is 85.3 Å². The molecular weight excluding hydrogens is 346 g/mol. The number of rotatable bonds is 5. The molecular formula is C25H23NO2. The van der Waals surface area contributed by atoms with Gasteiger partial charge in [0.2, 0.25) is 0 Å². The highest BCUT2D eigenvalue weighted by atomic mass is 16.5. The van der Waals surface area contributed by atoms with E-state index in [0.29, 0.717) is 5.39 Å². The Labute approximate surface area is 164 Å². The van der Waals surface area contributed by atoms with Gasteiger partial charge < -0.3 is 9.30 Å². The second kappa shape index (κ2) is 7.73. The molecule has 0 spiro atoms. The molecule has 4 aromatic rings. The number of pyridine rings is 1. The molecule has 0 fully saturated rings. The third-order valence-electron chi connectivity index (χ3n) is 4.78. The van der Waals surface area contributed by atoms with Crippen molar-refractivity contribution >= 4 is 10.8 Å². The van der Waals surface area contributed by atoms with Crippen LogP contribution in [0.5, 0.6) is 5.75 Å². The summed E-state index contributed by atoms with van der Waals surface area (Å²) in [4.78, 5) is 13.4. The molecule has 28 heavy (non-hydrogen) atoms. The zero-order valence-electron chi connectivity index (χ0n) is 16.1. The zero-order chi connectivity index (χ0) is 19.5. The van der Waals surface area contributed by atoms with Gasteiger partial charge in [-0.15, -0.1) is 0 Å². The molecule has 4 rings (SSSR count). The van der Waals surface area contributed by atoms with Gasteiger partial charge in [-0.05, 0) is 54.6 Å². The maximum absolute atomic E-state index is 13.4. The SMILES string of the molecule is CC(C)Oc1ccc2c(=O)n(C(c3ccccc3)c3ccccc3)ccc2c1. The molecule has 0 amide bonds. The average molecular weight is 369 g/mol. The van der Waals surface area contributed by atoms with Gasteiger partial charge in [-0.1, -0.05) is 60.7 Å².